The van der Waals surface area contributed by atoms with E-state index in [0.717, 1.165) is 0 Å². The highest BCUT2D eigenvalue weighted by atomic mass is 16.3. The second kappa shape index (κ2) is 4.91. The van der Waals surface area contributed by atoms with Crippen LogP contribution in [0, 0.1) is 5.41 Å². The zero-order chi connectivity index (χ0) is 14.0. The number of phenols is 1. The molecule has 1 atom stereocenters. The molecule has 1 fully saturated rings. The van der Waals surface area contributed by atoms with Crippen molar-refractivity contribution in [3.63, 3.8) is 0 Å². The van der Waals surface area contributed by atoms with Gasteiger partial charge in [-0.1, -0.05) is 12.1 Å². The fourth-order valence-corrected chi connectivity index (χ4v) is 2.45. The molecule has 2 amide bonds. The minimum atomic E-state index is -0.547. The minimum absolute atomic E-state index is 0.0268. The minimum Gasteiger partial charge on any atom is -0.507 e. The fraction of sp³-hybridized carbons (Fsp3) is 0.429. The summed E-state index contributed by atoms with van der Waals surface area (Å²) in [5, 5.41) is 12.3. The van der Waals surface area contributed by atoms with Crippen LogP contribution in [-0.2, 0) is 4.79 Å². The molecule has 1 aromatic rings. The van der Waals surface area contributed by atoms with Crippen molar-refractivity contribution in [3.05, 3.63) is 29.8 Å². The molecule has 0 saturated carbocycles. The van der Waals surface area contributed by atoms with Crippen molar-refractivity contribution < 1.29 is 14.7 Å². The molecule has 0 radical (unpaired) electrons. The van der Waals surface area contributed by atoms with Crippen LogP contribution in [-0.4, -0.2) is 42.0 Å². The van der Waals surface area contributed by atoms with Crippen molar-refractivity contribution in [1.29, 1.82) is 0 Å². The van der Waals surface area contributed by atoms with E-state index in [1.165, 1.54) is 6.07 Å². The number of nitrogens with zero attached hydrogens (tertiary/aromatic N) is 1. The number of phenolic OH excluding ortho intramolecular Hbond substituents is 1. The molecule has 5 nitrogen and oxygen atoms in total. The van der Waals surface area contributed by atoms with E-state index in [9.17, 15) is 14.7 Å². The largest absolute Gasteiger partial charge is 0.507 e. The molecule has 0 aliphatic carbocycles. The van der Waals surface area contributed by atoms with Gasteiger partial charge in [-0.05, 0) is 25.5 Å². The van der Waals surface area contributed by atoms with Gasteiger partial charge in [0.1, 0.15) is 5.75 Å². The van der Waals surface area contributed by atoms with Gasteiger partial charge in [-0.15, -0.1) is 0 Å². The second-order valence-corrected chi connectivity index (χ2v) is 5.13. The number of benzene rings is 1. The Hall–Kier alpha value is -2.04. The van der Waals surface area contributed by atoms with Crippen LogP contribution >= 0.6 is 0 Å². The molecule has 1 aliphatic heterocycles. The normalized spacial score (nSPS) is 22.3. The molecule has 19 heavy (non-hydrogen) atoms. The van der Waals surface area contributed by atoms with Gasteiger partial charge in [0.05, 0.1) is 11.0 Å². The molecule has 0 aromatic heterocycles. The predicted molar refractivity (Wildman–Crippen MR) is 70.8 cm³/mol. The number of hydrogen-bond acceptors (Lipinski definition) is 3. The lowest BCUT2D eigenvalue weighted by Crippen LogP contribution is -2.40. The van der Waals surface area contributed by atoms with Crippen LogP contribution in [0.15, 0.2) is 24.3 Å². The number of carbonyl (C=O) groups excluding carboxylic acids is 2. The van der Waals surface area contributed by atoms with Crippen molar-refractivity contribution >= 4 is 11.8 Å². The van der Waals surface area contributed by atoms with E-state index in [-0.39, 0.29) is 23.1 Å². The first-order valence-corrected chi connectivity index (χ1v) is 6.27. The summed E-state index contributed by atoms with van der Waals surface area (Å²) >= 11 is 0. The zero-order valence-corrected chi connectivity index (χ0v) is 11.1. The van der Waals surface area contributed by atoms with E-state index >= 15 is 0 Å². The maximum Gasteiger partial charge on any atom is 0.257 e. The van der Waals surface area contributed by atoms with E-state index in [1.807, 2.05) is 6.92 Å². The Morgan fingerprint density at radius 1 is 1.37 bits per heavy atom. The SMILES string of the molecule is CNC(=O)C1(C)CCN(C(=O)c2ccccc2O)C1. The van der Waals surface area contributed by atoms with Crippen LogP contribution in [0.1, 0.15) is 23.7 Å². The van der Waals surface area contributed by atoms with E-state index in [2.05, 4.69) is 5.32 Å². The molecule has 1 aromatic carbocycles. The monoisotopic (exact) mass is 262 g/mol. The Bertz CT molecular complexity index is 515. The number of amides is 2. The Morgan fingerprint density at radius 2 is 2.05 bits per heavy atom. The summed E-state index contributed by atoms with van der Waals surface area (Å²) < 4.78 is 0. The Balaban J connectivity index is 2.16. The van der Waals surface area contributed by atoms with Crippen molar-refractivity contribution in [2.24, 2.45) is 5.41 Å². The zero-order valence-electron chi connectivity index (χ0n) is 11.1. The Kier molecular flexibility index (Phi) is 3.46. The summed E-state index contributed by atoms with van der Waals surface area (Å²) in [5.41, 5.74) is -0.266. The topological polar surface area (TPSA) is 69.6 Å². The molecular formula is C14H18N2O3. The van der Waals surface area contributed by atoms with Gasteiger partial charge in [0.2, 0.25) is 5.91 Å². The predicted octanol–water partition coefficient (Wildman–Crippen LogP) is 0.990. The van der Waals surface area contributed by atoms with Gasteiger partial charge < -0.3 is 15.3 Å². The Morgan fingerprint density at radius 3 is 2.68 bits per heavy atom. The smallest absolute Gasteiger partial charge is 0.257 e. The lowest BCUT2D eigenvalue weighted by atomic mass is 9.89. The molecule has 1 unspecified atom stereocenters. The first-order chi connectivity index (χ1) is 8.98. The number of likely N-dealkylation sites (tertiary alicyclic amines) is 1. The van der Waals surface area contributed by atoms with Gasteiger partial charge in [0, 0.05) is 20.1 Å². The summed E-state index contributed by atoms with van der Waals surface area (Å²) in [6.07, 6.45) is 0.631. The van der Waals surface area contributed by atoms with Gasteiger partial charge in [-0.2, -0.15) is 0 Å². The van der Waals surface area contributed by atoms with Crippen molar-refractivity contribution in [2.75, 3.05) is 20.1 Å². The van der Waals surface area contributed by atoms with Crippen molar-refractivity contribution in [1.82, 2.24) is 10.2 Å². The van der Waals surface area contributed by atoms with Crippen molar-refractivity contribution in [3.8, 4) is 5.75 Å². The van der Waals surface area contributed by atoms with E-state index in [4.69, 9.17) is 0 Å². The second-order valence-electron chi connectivity index (χ2n) is 5.13. The molecule has 0 spiro atoms. The quantitative estimate of drug-likeness (QED) is 0.835. The average molecular weight is 262 g/mol. The molecule has 5 heteroatoms. The number of nitrogens with one attached hydrogen (secondary N) is 1. The Labute approximate surface area is 112 Å². The van der Waals surface area contributed by atoms with Crippen LogP contribution in [0.3, 0.4) is 0 Å². The fourth-order valence-electron chi connectivity index (χ4n) is 2.45. The number of hydrogen-bond donors (Lipinski definition) is 2. The molecule has 2 N–H and O–H groups in total. The summed E-state index contributed by atoms with van der Waals surface area (Å²) in [5.74, 6) is -0.313. The van der Waals surface area contributed by atoms with Gasteiger partial charge in [0.25, 0.3) is 5.91 Å². The molecule has 1 aliphatic rings. The first-order valence-electron chi connectivity index (χ1n) is 6.27. The molecule has 0 bridgehead atoms. The molecule has 1 saturated heterocycles. The van der Waals surface area contributed by atoms with Crippen LogP contribution in [0.2, 0.25) is 0 Å². The standard InChI is InChI=1S/C14H18N2O3/c1-14(13(19)15-2)7-8-16(9-14)12(18)10-5-3-4-6-11(10)17/h3-6,17H,7-9H2,1-2H3,(H,15,19). The number of carbonyl (C=O) groups is 2. The first kappa shape index (κ1) is 13.4. The maximum atomic E-state index is 12.3. The van der Waals surface area contributed by atoms with E-state index < -0.39 is 5.41 Å². The lowest BCUT2D eigenvalue weighted by molar-refractivity contribution is -0.128. The van der Waals surface area contributed by atoms with Gasteiger partial charge >= 0.3 is 0 Å². The van der Waals surface area contributed by atoms with Crippen LogP contribution in [0.5, 0.6) is 5.75 Å². The molecule has 2 rings (SSSR count). The highest BCUT2D eigenvalue weighted by Crippen LogP contribution is 2.31. The van der Waals surface area contributed by atoms with Gasteiger partial charge in [0.15, 0.2) is 0 Å². The summed E-state index contributed by atoms with van der Waals surface area (Å²) in [6.45, 7) is 2.75. The number of aromatic hydroxyl groups is 1. The third kappa shape index (κ3) is 2.41. The third-order valence-corrected chi connectivity index (χ3v) is 3.67. The maximum absolute atomic E-state index is 12.3. The van der Waals surface area contributed by atoms with Gasteiger partial charge in [-0.25, -0.2) is 0 Å². The number of para-hydroxylation sites is 1. The number of rotatable bonds is 2. The van der Waals surface area contributed by atoms with Gasteiger partial charge in [-0.3, -0.25) is 9.59 Å². The van der Waals surface area contributed by atoms with Crippen LogP contribution in [0.4, 0.5) is 0 Å². The molecular weight excluding hydrogens is 244 g/mol. The summed E-state index contributed by atoms with van der Waals surface area (Å²) in [7, 11) is 1.60. The summed E-state index contributed by atoms with van der Waals surface area (Å²) in [6, 6.07) is 6.46. The van der Waals surface area contributed by atoms with E-state index in [0.29, 0.717) is 19.5 Å². The molecule has 102 valence electrons. The van der Waals surface area contributed by atoms with Crippen LogP contribution in [0.25, 0.3) is 0 Å². The highest BCUT2D eigenvalue weighted by molar-refractivity contribution is 5.97. The average Bonchev–Trinajstić information content (AvgIpc) is 2.81. The third-order valence-electron chi connectivity index (χ3n) is 3.67. The van der Waals surface area contributed by atoms with Crippen LogP contribution < -0.4 is 5.32 Å². The lowest BCUT2D eigenvalue weighted by Gasteiger charge is -2.22. The van der Waals surface area contributed by atoms with Crippen molar-refractivity contribution in [2.45, 2.75) is 13.3 Å². The molecule has 1 heterocycles. The summed E-state index contributed by atoms with van der Waals surface area (Å²) in [4.78, 5) is 25.7. The van der Waals surface area contributed by atoms with E-state index in [1.54, 1.807) is 30.1 Å². The highest BCUT2D eigenvalue weighted by Gasteiger charge is 2.41.